The van der Waals surface area contributed by atoms with E-state index in [1.165, 1.54) is 206 Å². The summed E-state index contributed by atoms with van der Waals surface area (Å²) in [5.74, 6) is 0.360. The van der Waals surface area contributed by atoms with Crippen molar-refractivity contribution in [3.63, 3.8) is 0 Å². The van der Waals surface area contributed by atoms with Gasteiger partial charge in [0.15, 0.2) is 0 Å². The molecule has 7 heteroatoms. The fraction of sp³-hybridized carbons (Fsp3) is 1.00. The summed E-state index contributed by atoms with van der Waals surface area (Å²) in [5.41, 5.74) is 0. The van der Waals surface area contributed by atoms with E-state index in [-0.39, 0.29) is 30.9 Å². The van der Waals surface area contributed by atoms with Crippen LogP contribution in [0.5, 0.6) is 0 Å². The van der Waals surface area contributed by atoms with Gasteiger partial charge < -0.3 is 44.0 Å². The quantitative estimate of drug-likeness (QED) is 0.0365. The number of rotatable bonds is 38. The summed E-state index contributed by atoms with van der Waals surface area (Å²) >= 11 is 5.80. The number of likely N-dealkylation sites (N-methyl/N-ethyl adjacent to an activating group) is 1. The molecule has 0 spiro atoms. The molecule has 0 aromatic rings. The number of ether oxygens (including phenoxy) is 1. The Hall–Kier alpha value is 0.710. The lowest BCUT2D eigenvalue weighted by Crippen LogP contribution is -3.11. The van der Waals surface area contributed by atoms with Crippen molar-refractivity contribution in [1.82, 2.24) is 0 Å². The van der Waals surface area contributed by atoms with E-state index in [2.05, 4.69) is 34.6 Å². The first-order chi connectivity index (χ1) is 24.0. The van der Waals surface area contributed by atoms with Gasteiger partial charge in [-0.25, -0.2) is 0 Å². The van der Waals surface area contributed by atoms with Gasteiger partial charge in [0, 0.05) is 0 Å². The van der Waals surface area contributed by atoms with Gasteiger partial charge >= 0.3 is 0 Å². The Morgan fingerprint density at radius 1 is 0.569 bits per heavy atom. The molecular formula is C44H93Cl3N2O2. The van der Waals surface area contributed by atoms with Crippen LogP contribution in [0, 0.1) is 0 Å². The molecule has 1 heterocycles. The van der Waals surface area contributed by atoms with Crippen LogP contribution in [0.2, 0.25) is 0 Å². The summed E-state index contributed by atoms with van der Waals surface area (Å²) in [4.78, 5) is 1.77. The minimum Gasteiger partial charge on any atom is -1.00 e. The van der Waals surface area contributed by atoms with Crippen molar-refractivity contribution in [1.29, 1.82) is 0 Å². The van der Waals surface area contributed by atoms with Gasteiger partial charge in [-0.05, 0) is 59.8 Å². The van der Waals surface area contributed by atoms with Crippen molar-refractivity contribution < 1.29 is 44.0 Å². The zero-order valence-electron chi connectivity index (χ0n) is 35.3. The Labute approximate surface area is 339 Å². The fourth-order valence-electron chi connectivity index (χ4n) is 7.56. The molecule has 1 aliphatic heterocycles. The van der Waals surface area contributed by atoms with Gasteiger partial charge in [0.05, 0.1) is 57.9 Å². The third-order valence-corrected chi connectivity index (χ3v) is 11.9. The zero-order chi connectivity index (χ0) is 36.1. The van der Waals surface area contributed by atoms with Crippen molar-refractivity contribution in [2.24, 2.45) is 0 Å². The Balaban J connectivity index is -0.000000870. The van der Waals surface area contributed by atoms with E-state index in [1.807, 2.05) is 0 Å². The number of alkyl halides is 1. The molecule has 0 aromatic heterocycles. The highest BCUT2D eigenvalue weighted by atomic mass is 35.5. The van der Waals surface area contributed by atoms with Gasteiger partial charge in [0.2, 0.25) is 0 Å². The normalized spacial score (nSPS) is 14.5. The van der Waals surface area contributed by atoms with Crippen LogP contribution in [0.15, 0.2) is 0 Å². The first-order valence-electron chi connectivity index (χ1n) is 22.5. The average molecular weight is 789 g/mol. The van der Waals surface area contributed by atoms with E-state index < -0.39 is 0 Å². The van der Waals surface area contributed by atoms with E-state index in [0.29, 0.717) is 12.0 Å². The largest absolute Gasteiger partial charge is 1.00 e. The van der Waals surface area contributed by atoms with Crippen molar-refractivity contribution in [3.8, 4) is 0 Å². The van der Waals surface area contributed by atoms with Crippen LogP contribution in [-0.4, -0.2) is 80.1 Å². The molecule has 4 nitrogen and oxygen atoms in total. The molecule has 51 heavy (non-hydrogen) atoms. The summed E-state index contributed by atoms with van der Waals surface area (Å²) < 4.78 is 6.27. The third kappa shape index (κ3) is 38.8. The molecule has 0 amide bonds. The van der Waals surface area contributed by atoms with Crippen LogP contribution in [0.3, 0.4) is 0 Å². The molecule has 0 radical (unpaired) electrons. The summed E-state index contributed by atoms with van der Waals surface area (Å²) in [5, 5.41) is 9.91. The summed E-state index contributed by atoms with van der Waals surface area (Å²) in [7, 11) is 0. The van der Waals surface area contributed by atoms with Gasteiger partial charge in [0.25, 0.3) is 0 Å². The Morgan fingerprint density at radius 2 is 0.922 bits per heavy atom. The predicted octanol–water partition coefficient (Wildman–Crippen LogP) is 5.70. The van der Waals surface area contributed by atoms with E-state index in [0.717, 1.165) is 30.7 Å². The van der Waals surface area contributed by atoms with E-state index in [4.69, 9.17) is 16.3 Å². The summed E-state index contributed by atoms with van der Waals surface area (Å²) in [6.07, 6.45) is 40.2. The highest BCUT2D eigenvalue weighted by Gasteiger charge is 2.26. The molecule has 0 aromatic carbocycles. The highest BCUT2D eigenvalue weighted by Crippen LogP contribution is 2.19. The smallest absolute Gasteiger partial charge is 0.116 e. The molecule has 1 fully saturated rings. The second kappa shape index (κ2) is 43.4. The van der Waals surface area contributed by atoms with Crippen LogP contribution in [0.4, 0.5) is 0 Å². The Morgan fingerprint density at radius 3 is 1.25 bits per heavy atom. The van der Waals surface area contributed by atoms with E-state index >= 15 is 0 Å². The number of hydrogen-bond acceptors (Lipinski definition) is 2. The first kappa shape index (κ1) is 56.0. The number of nitrogens with zero attached hydrogens (tertiary/aromatic N) is 1. The number of halogens is 3. The number of quaternary nitrogens is 2. The second-order valence-corrected chi connectivity index (χ2v) is 16.1. The molecule has 2 N–H and O–H groups in total. The minimum absolute atomic E-state index is 0. The summed E-state index contributed by atoms with van der Waals surface area (Å²) in [6, 6.07) is 0. The number of nitrogens with one attached hydrogen (secondary N) is 1. The first-order valence-corrected chi connectivity index (χ1v) is 23.1. The topological polar surface area (TPSA) is 37.2 Å². The van der Waals surface area contributed by atoms with Crippen LogP contribution >= 0.6 is 11.6 Å². The lowest BCUT2D eigenvalue weighted by molar-refractivity contribution is -0.927. The molecular weight excluding hydrogens is 695 g/mol. The van der Waals surface area contributed by atoms with Gasteiger partial charge in [-0.3, -0.25) is 0 Å². The molecule has 312 valence electrons. The molecule has 0 aliphatic carbocycles. The van der Waals surface area contributed by atoms with Crippen LogP contribution in [-0.2, 0) is 4.74 Å². The van der Waals surface area contributed by atoms with Crippen LogP contribution in [0.25, 0.3) is 0 Å². The fourth-order valence-corrected chi connectivity index (χ4v) is 7.65. The second-order valence-electron chi connectivity index (χ2n) is 15.8. The molecule has 0 saturated carbocycles. The minimum atomic E-state index is -0.358. The van der Waals surface area contributed by atoms with Gasteiger partial charge in [-0.2, -0.15) is 0 Å². The standard InChI is InChI=1S/C22H47ClNO.C22H45NO.2ClH/c1-4-7-8-9-10-11-12-13-14-15-16-17-18-19-24(5-2,6-3)21-22(25)20-23;1-3-23(4-2)20-18-16-14-12-10-8-6-5-7-9-11-13-15-17-19-22-21-24-22;;/h22,25H,4-21H2,1-3H3;22H,3-21H2,1-2H3;2*1H/q+1;;;/p-1. The molecule has 1 aliphatic rings. The maximum Gasteiger partial charge on any atom is 0.116 e. The van der Waals surface area contributed by atoms with Crippen LogP contribution in [0.1, 0.15) is 214 Å². The molecule has 2 atom stereocenters. The van der Waals surface area contributed by atoms with E-state index in [1.54, 1.807) is 4.90 Å². The van der Waals surface area contributed by atoms with Gasteiger partial charge in [0.1, 0.15) is 12.6 Å². The van der Waals surface area contributed by atoms with Crippen molar-refractivity contribution >= 4 is 11.6 Å². The number of aliphatic hydroxyl groups is 1. The molecule has 1 saturated heterocycles. The maximum absolute atomic E-state index is 9.91. The number of unbranched alkanes of at least 4 members (excludes halogenated alkanes) is 25. The Bertz CT molecular complexity index is 633. The zero-order valence-corrected chi connectivity index (χ0v) is 37.5. The molecule has 0 bridgehead atoms. The maximum atomic E-state index is 9.91. The van der Waals surface area contributed by atoms with Crippen molar-refractivity contribution in [2.75, 3.05) is 58.3 Å². The van der Waals surface area contributed by atoms with Crippen molar-refractivity contribution in [3.05, 3.63) is 0 Å². The lowest BCUT2D eigenvalue weighted by atomic mass is 10.0. The number of hydrogen-bond donors (Lipinski definition) is 2. The Kier molecular flexibility index (Phi) is 47.7. The van der Waals surface area contributed by atoms with Crippen LogP contribution < -0.4 is 29.7 Å². The predicted molar refractivity (Wildman–Crippen MR) is 219 cm³/mol. The molecule has 1 rings (SSSR count). The number of aliphatic hydroxyl groups excluding tert-OH is 1. The third-order valence-electron chi connectivity index (χ3n) is 11.6. The van der Waals surface area contributed by atoms with Gasteiger partial charge in [-0.1, -0.05) is 155 Å². The van der Waals surface area contributed by atoms with Crippen molar-refractivity contribution in [2.45, 2.75) is 227 Å². The average Bonchev–Trinajstić information content (AvgIpc) is 3.96. The molecule has 2 unspecified atom stereocenters. The summed E-state index contributed by atoms with van der Waals surface area (Å²) in [6.45, 7) is 20.6. The SMILES string of the molecule is CCCCCCCCCCCCCCC[N+](CC)(CC)CC(O)CCl.CC[NH+](CC)CCCCCCCCCCCCCCCCC1CO1.[Cl-].[Cl-]. The van der Waals surface area contributed by atoms with E-state index in [9.17, 15) is 5.11 Å². The monoisotopic (exact) mass is 787 g/mol. The highest BCUT2D eigenvalue weighted by molar-refractivity contribution is 6.18. The lowest BCUT2D eigenvalue weighted by Gasteiger charge is -2.38. The van der Waals surface area contributed by atoms with Gasteiger partial charge in [-0.15, -0.1) is 11.6 Å². The number of epoxide rings is 1.